The van der Waals surface area contributed by atoms with Crippen LogP contribution < -0.4 is 11.4 Å². The van der Waals surface area contributed by atoms with Crippen molar-refractivity contribution in [2.24, 2.45) is 0 Å². The lowest BCUT2D eigenvalue weighted by molar-refractivity contribution is 0.915. The summed E-state index contributed by atoms with van der Waals surface area (Å²) in [7, 11) is 0. The number of hydrogen-bond donors (Lipinski definition) is 2. The average Bonchev–Trinajstić information content (AvgIpc) is 2.87. The fourth-order valence-corrected chi connectivity index (χ4v) is 1.69. The topological polar surface area (TPSA) is 89.6 Å². The normalized spacial score (nSPS) is 10.8. The van der Waals surface area contributed by atoms with Crippen LogP contribution in [0.25, 0.3) is 22.6 Å². The van der Waals surface area contributed by atoms with Gasteiger partial charge in [-0.2, -0.15) is 0 Å². The molecule has 0 fully saturated rings. The molecule has 3 aromatic rings. The highest BCUT2D eigenvalue weighted by atomic mass is 16.1. The minimum Gasteiger partial charge on any atom is -0.359 e. The first-order valence-electron chi connectivity index (χ1n) is 5.04. The molecule has 0 radical (unpaired) electrons. The lowest BCUT2D eigenvalue weighted by Crippen LogP contribution is -2.30. The van der Waals surface area contributed by atoms with Crippen molar-refractivity contribution >= 4 is 11.0 Å². The summed E-state index contributed by atoms with van der Waals surface area (Å²) < 4.78 is 1.00. The number of nitrogens with zero attached hydrogens (tertiary/aromatic N) is 3. The van der Waals surface area contributed by atoms with Crippen molar-refractivity contribution in [3.63, 3.8) is 0 Å². The van der Waals surface area contributed by atoms with Gasteiger partial charge >= 0.3 is 0 Å². The third-order valence-corrected chi connectivity index (χ3v) is 2.50. The first-order valence-corrected chi connectivity index (χ1v) is 5.04. The fourth-order valence-electron chi connectivity index (χ4n) is 1.69. The van der Waals surface area contributed by atoms with Crippen LogP contribution in [0.15, 0.2) is 41.5 Å². The van der Waals surface area contributed by atoms with E-state index in [-0.39, 0.29) is 11.1 Å². The van der Waals surface area contributed by atoms with E-state index in [1.54, 1.807) is 30.6 Å². The Morgan fingerprint density at radius 1 is 1.29 bits per heavy atom. The SMILES string of the molecule is Nn1c(-c2ccc[nH]2)nc2cccnc2c1=O. The number of nitrogens with one attached hydrogen (secondary N) is 1. The van der Waals surface area contributed by atoms with Crippen LogP contribution in [0.4, 0.5) is 0 Å². The van der Waals surface area contributed by atoms with E-state index in [1.807, 2.05) is 6.07 Å². The highest BCUT2D eigenvalue weighted by Gasteiger charge is 2.11. The van der Waals surface area contributed by atoms with Gasteiger partial charge in [0.05, 0.1) is 11.2 Å². The molecule has 3 N–H and O–H groups in total. The lowest BCUT2D eigenvalue weighted by Gasteiger charge is -2.06. The Labute approximate surface area is 95.7 Å². The van der Waals surface area contributed by atoms with E-state index >= 15 is 0 Å². The first kappa shape index (κ1) is 9.59. The molecule has 0 aliphatic rings. The molecule has 0 atom stereocenters. The first-order chi connectivity index (χ1) is 8.27. The van der Waals surface area contributed by atoms with E-state index in [0.717, 1.165) is 4.68 Å². The summed E-state index contributed by atoms with van der Waals surface area (Å²) >= 11 is 0. The van der Waals surface area contributed by atoms with Crippen molar-refractivity contribution in [1.29, 1.82) is 0 Å². The molecule has 0 saturated heterocycles. The zero-order chi connectivity index (χ0) is 11.8. The van der Waals surface area contributed by atoms with Crippen LogP contribution in [-0.2, 0) is 0 Å². The van der Waals surface area contributed by atoms with Gasteiger partial charge < -0.3 is 10.8 Å². The van der Waals surface area contributed by atoms with Crippen LogP contribution in [0, 0.1) is 0 Å². The summed E-state index contributed by atoms with van der Waals surface area (Å²) in [5.74, 6) is 6.11. The van der Waals surface area contributed by atoms with Crippen molar-refractivity contribution in [3.05, 3.63) is 47.0 Å². The average molecular weight is 227 g/mol. The molecule has 3 aromatic heterocycles. The van der Waals surface area contributed by atoms with Crippen LogP contribution in [0.2, 0.25) is 0 Å². The second kappa shape index (κ2) is 3.44. The Bertz CT molecular complexity index is 729. The molecule has 0 aliphatic carbocycles. The summed E-state index contributed by atoms with van der Waals surface area (Å²) in [6.45, 7) is 0. The minimum atomic E-state index is -0.361. The highest BCUT2D eigenvalue weighted by Crippen LogP contribution is 2.13. The number of rotatable bonds is 1. The fraction of sp³-hybridized carbons (Fsp3) is 0. The number of hydrogen-bond acceptors (Lipinski definition) is 4. The maximum Gasteiger partial charge on any atom is 0.298 e. The predicted octanol–water partition coefficient (Wildman–Crippen LogP) is 0.500. The molecule has 0 aliphatic heterocycles. The number of nitrogens with two attached hydrogens (primary N) is 1. The Morgan fingerprint density at radius 3 is 2.94 bits per heavy atom. The molecule has 3 rings (SSSR count). The van der Waals surface area contributed by atoms with Gasteiger partial charge in [0.15, 0.2) is 11.3 Å². The number of pyridine rings is 1. The third kappa shape index (κ3) is 1.38. The molecule has 0 amide bonds. The zero-order valence-corrected chi connectivity index (χ0v) is 8.79. The maximum absolute atomic E-state index is 12.0. The molecule has 6 heteroatoms. The second-order valence-electron chi connectivity index (χ2n) is 3.57. The molecule has 0 bridgehead atoms. The van der Waals surface area contributed by atoms with Crippen molar-refractivity contribution < 1.29 is 0 Å². The molecule has 17 heavy (non-hydrogen) atoms. The summed E-state index contributed by atoms with van der Waals surface area (Å²) in [4.78, 5) is 23.2. The van der Waals surface area contributed by atoms with Gasteiger partial charge in [-0.05, 0) is 24.3 Å². The Hall–Kier alpha value is -2.63. The summed E-state index contributed by atoms with van der Waals surface area (Å²) in [5.41, 5.74) is 1.13. The van der Waals surface area contributed by atoms with Gasteiger partial charge in [0.2, 0.25) is 0 Å². The van der Waals surface area contributed by atoms with E-state index in [1.165, 1.54) is 0 Å². The van der Waals surface area contributed by atoms with Gasteiger partial charge in [-0.3, -0.25) is 4.79 Å². The minimum absolute atomic E-state index is 0.269. The molecule has 0 spiro atoms. The molecule has 3 heterocycles. The number of aromatic nitrogens is 4. The van der Waals surface area contributed by atoms with E-state index in [9.17, 15) is 4.79 Å². The quantitative estimate of drug-likeness (QED) is 0.592. The van der Waals surface area contributed by atoms with Crippen molar-refractivity contribution in [2.75, 3.05) is 5.84 Å². The number of fused-ring (bicyclic) bond motifs is 1. The zero-order valence-electron chi connectivity index (χ0n) is 8.79. The lowest BCUT2D eigenvalue weighted by atomic mass is 10.3. The van der Waals surface area contributed by atoms with E-state index < -0.39 is 0 Å². The van der Waals surface area contributed by atoms with E-state index in [2.05, 4.69) is 15.0 Å². The molecule has 84 valence electrons. The van der Waals surface area contributed by atoms with Crippen LogP contribution in [0.1, 0.15) is 0 Å². The maximum atomic E-state index is 12.0. The summed E-state index contributed by atoms with van der Waals surface area (Å²) in [5, 5.41) is 0. The largest absolute Gasteiger partial charge is 0.359 e. The van der Waals surface area contributed by atoms with Gasteiger partial charge in [-0.1, -0.05) is 0 Å². The van der Waals surface area contributed by atoms with Gasteiger partial charge in [0, 0.05) is 12.4 Å². The molecule has 0 unspecified atom stereocenters. The molecule has 0 aromatic carbocycles. The Morgan fingerprint density at radius 2 is 2.18 bits per heavy atom. The van der Waals surface area contributed by atoms with Crippen LogP contribution in [-0.4, -0.2) is 19.6 Å². The number of aromatic amines is 1. The van der Waals surface area contributed by atoms with Gasteiger partial charge in [-0.25, -0.2) is 14.6 Å². The predicted molar refractivity (Wildman–Crippen MR) is 63.7 cm³/mol. The van der Waals surface area contributed by atoms with Crippen LogP contribution in [0.5, 0.6) is 0 Å². The van der Waals surface area contributed by atoms with Crippen LogP contribution in [0.3, 0.4) is 0 Å². The number of H-pyrrole nitrogens is 1. The van der Waals surface area contributed by atoms with Crippen molar-refractivity contribution in [3.8, 4) is 11.5 Å². The number of nitrogen functional groups attached to an aromatic ring is 1. The Balaban J connectivity index is 2.42. The Kier molecular flexibility index (Phi) is 1.94. The smallest absolute Gasteiger partial charge is 0.298 e. The summed E-state index contributed by atoms with van der Waals surface area (Å²) in [6.07, 6.45) is 3.29. The second-order valence-corrected chi connectivity index (χ2v) is 3.57. The summed E-state index contributed by atoms with van der Waals surface area (Å²) in [6, 6.07) is 7.08. The molecule has 0 saturated carbocycles. The van der Waals surface area contributed by atoms with Gasteiger partial charge in [-0.15, -0.1) is 0 Å². The standard InChI is InChI=1S/C11H9N5O/c12-16-10(8-4-2-5-13-8)15-7-3-1-6-14-9(7)11(16)17/h1-6,13H,12H2. The van der Waals surface area contributed by atoms with Gasteiger partial charge in [0.1, 0.15) is 0 Å². The van der Waals surface area contributed by atoms with Crippen molar-refractivity contribution in [2.45, 2.75) is 0 Å². The molecule has 6 nitrogen and oxygen atoms in total. The monoisotopic (exact) mass is 227 g/mol. The van der Waals surface area contributed by atoms with E-state index in [4.69, 9.17) is 5.84 Å². The van der Waals surface area contributed by atoms with Gasteiger partial charge in [0.25, 0.3) is 5.56 Å². The van der Waals surface area contributed by atoms with Crippen LogP contribution >= 0.6 is 0 Å². The molecular formula is C11H9N5O. The van der Waals surface area contributed by atoms with Crippen molar-refractivity contribution in [1.82, 2.24) is 19.6 Å². The highest BCUT2D eigenvalue weighted by molar-refractivity contribution is 5.75. The molecular weight excluding hydrogens is 218 g/mol. The van der Waals surface area contributed by atoms with E-state index in [0.29, 0.717) is 17.0 Å². The third-order valence-electron chi connectivity index (χ3n) is 2.50.